The molecule has 1 N–H and O–H groups in total. The Morgan fingerprint density at radius 3 is 2.93 bits per heavy atom. The fourth-order valence-electron chi connectivity index (χ4n) is 3.57. The largest absolute Gasteiger partial charge is 0.303 e. The molecule has 4 nitrogen and oxygen atoms in total. The van der Waals surface area contributed by atoms with Crippen molar-refractivity contribution < 1.29 is 4.79 Å². The zero-order valence-electron chi connectivity index (χ0n) is 15.5. The number of amides is 1. The number of nitrogens with zero attached hydrogens (tertiary/aromatic N) is 2. The minimum Gasteiger partial charge on any atom is -0.303 e. The number of thiophene rings is 1. The molecule has 146 valence electrons. The third-order valence-electron chi connectivity index (χ3n) is 5.19. The summed E-state index contributed by atoms with van der Waals surface area (Å²) in [5.74, 6) is 1.19. The van der Waals surface area contributed by atoms with Crippen LogP contribution in [0, 0.1) is 5.92 Å². The van der Waals surface area contributed by atoms with Gasteiger partial charge >= 0.3 is 0 Å². The van der Waals surface area contributed by atoms with Gasteiger partial charge in [0.2, 0.25) is 0 Å². The molecule has 1 atom stereocenters. The summed E-state index contributed by atoms with van der Waals surface area (Å²) in [5, 5.41) is 8.17. The molecule has 28 heavy (non-hydrogen) atoms. The topological polar surface area (TPSA) is 46.9 Å². The first-order valence-corrected chi connectivity index (χ1v) is 11.4. The lowest BCUT2D eigenvalue weighted by molar-refractivity contribution is 0.103. The summed E-state index contributed by atoms with van der Waals surface area (Å²) in [7, 11) is 0. The molecular weight excluding hydrogens is 458 g/mol. The van der Waals surface area contributed by atoms with Crippen molar-refractivity contribution in [2.75, 3.05) is 5.32 Å². The van der Waals surface area contributed by atoms with Gasteiger partial charge in [0, 0.05) is 16.1 Å². The van der Waals surface area contributed by atoms with E-state index in [0.29, 0.717) is 17.4 Å². The quantitative estimate of drug-likeness (QED) is 0.476. The van der Waals surface area contributed by atoms with E-state index in [9.17, 15) is 4.79 Å². The Hall–Kier alpha value is -1.63. The first-order valence-electron chi connectivity index (χ1n) is 9.42. The molecule has 1 amide bonds. The van der Waals surface area contributed by atoms with Gasteiger partial charge in [-0.2, -0.15) is 5.10 Å². The Morgan fingerprint density at radius 2 is 2.18 bits per heavy atom. The van der Waals surface area contributed by atoms with Crippen molar-refractivity contribution in [1.29, 1.82) is 0 Å². The number of anilines is 1. The zero-order chi connectivity index (χ0) is 19.7. The molecule has 1 aliphatic carbocycles. The average Bonchev–Trinajstić information content (AvgIpc) is 3.26. The number of fused-ring (bicyclic) bond motifs is 1. The summed E-state index contributed by atoms with van der Waals surface area (Å²) >= 11 is 11.1. The second kappa shape index (κ2) is 8.39. The highest BCUT2D eigenvalue weighted by molar-refractivity contribution is 9.10. The van der Waals surface area contributed by atoms with Crippen LogP contribution < -0.4 is 5.32 Å². The molecule has 0 aliphatic heterocycles. The Balaban J connectivity index is 1.46. The number of hydrogen-bond acceptors (Lipinski definition) is 3. The molecule has 1 aliphatic rings. The molecule has 4 rings (SSSR count). The van der Waals surface area contributed by atoms with Gasteiger partial charge in [0.15, 0.2) is 5.82 Å². The number of halogens is 2. The average molecular weight is 479 g/mol. The van der Waals surface area contributed by atoms with E-state index in [1.807, 2.05) is 30.5 Å². The Labute approximate surface area is 182 Å². The molecule has 1 unspecified atom stereocenters. The Kier molecular flexibility index (Phi) is 5.90. The first-order chi connectivity index (χ1) is 13.5. The van der Waals surface area contributed by atoms with Crippen molar-refractivity contribution >= 4 is 50.6 Å². The molecular formula is C21H21BrClN3OS. The maximum absolute atomic E-state index is 12.8. The predicted molar refractivity (Wildman–Crippen MR) is 119 cm³/mol. The van der Waals surface area contributed by atoms with Crippen LogP contribution in [0.15, 0.2) is 41.0 Å². The van der Waals surface area contributed by atoms with Crippen LogP contribution >= 0.6 is 38.9 Å². The van der Waals surface area contributed by atoms with Crippen molar-refractivity contribution in [3.63, 3.8) is 0 Å². The molecule has 0 radical (unpaired) electrons. The lowest BCUT2D eigenvalue weighted by atomic mass is 9.87. The summed E-state index contributed by atoms with van der Waals surface area (Å²) in [6.07, 6.45) is 6.48. The number of aryl methyl sites for hydroxylation is 1. The highest BCUT2D eigenvalue weighted by Gasteiger charge is 2.22. The molecule has 2 heterocycles. The maximum Gasteiger partial charge on any atom is 0.266 e. The smallest absolute Gasteiger partial charge is 0.266 e. The fraction of sp³-hybridized carbons (Fsp3) is 0.333. The number of carbonyl (C=O) groups excluding carboxylic acids is 1. The monoisotopic (exact) mass is 477 g/mol. The van der Waals surface area contributed by atoms with E-state index in [-0.39, 0.29) is 5.91 Å². The summed E-state index contributed by atoms with van der Waals surface area (Å²) in [6.45, 7) is 2.85. The first kappa shape index (κ1) is 19.7. The Bertz CT molecular complexity index is 996. The molecule has 0 bridgehead atoms. The summed E-state index contributed by atoms with van der Waals surface area (Å²) in [6, 6.07) is 9.72. The molecule has 0 saturated heterocycles. The maximum atomic E-state index is 12.8. The van der Waals surface area contributed by atoms with E-state index in [0.717, 1.165) is 33.7 Å². The van der Waals surface area contributed by atoms with Gasteiger partial charge in [-0.05, 0) is 70.4 Å². The lowest BCUT2D eigenvalue weighted by Crippen LogP contribution is -2.12. The van der Waals surface area contributed by atoms with Gasteiger partial charge in [0.25, 0.3) is 5.91 Å². The van der Waals surface area contributed by atoms with Crippen molar-refractivity contribution in [2.45, 2.75) is 39.2 Å². The van der Waals surface area contributed by atoms with E-state index in [2.05, 4.69) is 39.3 Å². The van der Waals surface area contributed by atoms with Gasteiger partial charge in [-0.3, -0.25) is 9.48 Å². The van der Waals surface area contributed by atoms with E-state index in [1.54, 1.807) is 16.0 Å². The Morgan fingerprint density at radius 1 is 1.39 bits per heavy atom. The SMILES string of the molecule is CCC1CCc2sc(C(=O)Nc3nn(Cc4ccc(Cl)cc4)cc3Br)cc2C1. The summed E-state index contributed by atoms with van der Waals surface area (Å²) < 4.78 is 2.57. The van der Waals surface area contributed by atoms with Crippen molar-refractivity contribution in [3.05, 3.63) is 66.9 Å². The van der Waals surface area contributed by atoms with Crippen LogP contribution in [0.4, 0.5) is 5.82 Å². The molecule has 0 spiro atoms. The second-order valence-electron chi connectivity index (χ2n) is 7.18. The van der Waals surface area contributed by atoms with Gasteiger partial charge < -0.3 is 5.32 Å². The lowest BCUT2D eigenvalue weighted by Gasteiger charge is -2.19. The van der Waals surface area contributed by atoms with Gasteiger partial charge in [-0.15, -0.1) is 11.3 Å². The van der Waals surface area contributed by atoms with Crippen LogP contribution in [0.1, 0.15) is 45.4 Å². The highest BCUT2D eigenvalue weighted by atomic mass is 79.9. The number of aromatic nitrogens is 2. The molecule has 3 aromatic rings. The van der Waals surface area contributed by atoms with Crippen LogP contribution in [-0.4, -0.2) is 15.7 Å². The zero-order valence-corrected chi connectivity index (χ0v) is 18.7. The number of rotatable bonds is 5. The van der Waals surface area contributed by atoms with Crippen molar-refractivity contribution in [3.8, 4) is 0 Å². The highest BCUT2D eigenvalue weighted by Crippen LogP contribution is 2.34. The molecule has 2 aromatic heterocycles. The minimum atomic E-state index is -0.0927. The minimum absolute atomic E-state index is 0.0927. The van der Waals surface area contributed by atoms with Gasteiger partial charge in [0.05, 0.1) is 15.9 Å². The molecule has 0 saturated carbocycles. The number of hydrogen-bond donors (Lipinski definition) is 1. The third kappa shape index (κ3) is 4.34. The van der Waals surface area contributed by atoms with Crippen LogP contribution in [0.3, 0.4) is 0 Å². The van der Waals surface area contributed by atoms with Crippen LogP contribution in [0.5, 0.6) is 0 Å². The normalized spacial score (nSPS) is 16.0. The number of nitrogens with one attached hydrogen (secondary N) is 1. The van der Waals surface area contributed by atoms with Gasteiger partial charge in [0.1, 0.15) is 0 Å². The standard InChI is InChI=1S/C21H21BrClN3OS/c1-2-13-5-8-18-15(9-13)10-19(28-18)21(27)24-20-17(22)12-26(25-20)11-14-3-6-16(23)7-4-14/h3-4,6-7,10,12-13H,2,5,8-9,11H2,1H3,(H,24,25,27). The van der Waals surface area contributed by atoms with Crippen molar-refractivity contribution in [2.24, 2.45) is 5.92 Å². The number of benzene rings is 1. The van der Waals surface area contributed by atoms with E-state index in [1.165, 1.54) is 23.3 Å². The van der Waals surface area contributed by atoms with Gasteiger partial charge in [-0.1, -0.05) is 37.1 Å². The summed E-state index contributed by atoms with van der Waals surface area (Å²) in [5.41, 5.74) is 2.44. The molecule has 1 aromatic carbocycles. The molecule has 7 heteroatoms. The van der Waals surface area contributed by atoms with Crippen LogP contribution in [0.25, 0.3) is 0 Å². The summed E-state index contributed by atoms with van der Waals surface area (Å²) in [4.78, 5) is 14.9. The second-order valence-corrected chi connectivity index (χ2v) is 9.61. The number of carbonyl (C=O) groups is 1. The molecule has 0 fully saturated rings. The van der Waals surface area contributed by atoms with Crippen LogP contribution in [0.2, 0.25) is 5.02 Å². The third-order valence-corrected chi connectivity index (χ3v) is 7.26. The fourth-order valence-corrected chi connectivity index (χ4v) is 5.21. The van der Waals surface area contributed by atoms with Crippen LogP contribution in [-0.2, 0) is 19.4 Å². The van der Waals surface area contributed by atoms with E-state index < -0.39 is 0 Å². The van der Waals surface area contributed by atoms with Crippen molar-refractivity contribution in [1.82, 2.24) is 9.78 Å². The predicted octanol–water partition coefficient (Wildman–Crippen LogP) is 6.18. The van der Waals surface area contributed by atoms with Gasteiger partial charge in [-0.25, -0.2) is 0 Å². The van der Waals surface area contributed by atoms with E-state index >= 15 is 0 Å². The van der Waals surface area contributed by atoms with E-state index in [4.69, 9.17) is 11.6 Å².